The third-order valence-corrected chi connectivity index (χ3v) is 1.72. The van der Waals surface area contributed by atoms with Gasteiger partial charge in [0.2, 0.25) is 0 Å². The first kappa shape index (κ1) is 8.17. The molecule has 0 saturated carbocycles. The highest BCUT2D eigenvalue weighted by Gasteiger charge is 2.30. The molecule has 0 radical (unpaired) electrons. The molecule has 0 aliphatic heterocycles. The summed E-state index contributed by atoms with van der Waals surface area (Å²) in [6.45, 7) is -0.116. The summed E-state index contributed by atoms with van der Waals surface area (Å²) in [6, 6.07) is 0. The smallest absolute Gasteiger partial charge is 0.182 e. The number of allylic oxidation sites excluding steroid dienone is 2. The van der Waals surface area contributed by atoms with Gasteiger partial charge in [-0.1, -0.05) is 18.2 Å². The highest BCUT2D eigenvalue weighted by atomic mass is 16.3. The Balaban J connectivity index is 2.75. The SMILES string of the molecule is NCC(=O)[C@]1(O)C=CC=CC1. The lowest BCUT2D eigenvalue weighted by Gasteiger charge is -2.22. The normalized spacial score (nSPS) is 28.9. The molecule has 1 atom stereocenters. The third-order valence-electron chi connectivity index (χ3n) is 1.72. The van der Waals surface area contributed by atoms with E-state index in [1.807, 2.05) is 0 Å². The number of nitrogens with two attached hydrogens (primary N) is 1. The van der Waals surface area contributed by atoms with E-state index in [-0.39, 0.29) is 12.3 Å². The van der Waals surface area contributed by atoms with E-state index in [0.717, 1.165) is 0 Å². The van der Waals surface area contributed by atoms with Crippen molar-refractivity contribution in [3.05, 3.63) is 24.3 Å². The minimum atomic E-state index is -1.34. The van der Waals surface area contributed by atoms with Gasteiger partial charge in [0.1, 0.15) is 5.60 Å². The third kappa shape index (κ3) is 1.56. The van der Waals surface area contributed by atoms with Crippen LogP contribution in [0.1, 0.15) is 6.42 Å². The first-order valence-electron chi connectivity index (χ1n) is 3.49. The number of ketones is 1. The van der Waals surface area contributed by atoms with Gasteiger partial charge in [0.05, 0.1) is 6.54 Å². The van der Waals surface area contributed by atoms with E-state index in [9.17, 15) is 9.90 Å². The van der Waals surface area contributed by atoms with Crippen molar-refractivity contribution in [3.63, 3.8) is 0 Å². The van der Waals surface area contributed by atoms with Gasteiger partial charge < -0.3 is 10.8 Å². The summed E-state index contributed by atoms with van der Waals surface area (Å²) in [5.74, 6) is -0.335. The molecule has 0 saturated heterocycles. The zero-order chi connectivity index (χ0) is 8.32. The van der Waals surface area contributed by atoms with Gasteiger partial charge in [-0.25, -0.2) is 0 Å². The summed E-state index contributed by atoms with van der Waals surface area (Å²) in [5, 5.41) is 9.57. The molecule has 0 bridgehead atoms. The maximum Gasteiger partial charge on any atom is 0.182 e. The van der Waals surface area contributed by atoms with Crippen LogP contribution in [0.3, 0.4) is 0 Å². The Morgan fingerprint density at radius 2 is 2.36 bits per heavy atom. The highest BCUT2D eigenvalue weighted by Crippen LogP contribution is 2.17. The van der Waals surface area contributed by atoms with Crippen molar-refractivity contribution in [1.82, 2.24) is 0 Å². The van der Waals surface area contributed by atoms with E-state index in [0.29, 0.717) is 6.42 Å². The number of rotatable bonds is 2. The summed E-state index contributed by atoms with van der Waals surface area (Å²) < 4.78 is 0. The lowest BCUT2D eigenvalue weighted by atomic mass is 9.91. The molecule has 1 aliphatic carbocycles. The Hall–Kier alpha value is -0.930. The monoisotopic (exact) mass is 153 g/mol. The summed E-state index contributed by atoms with van der Waals surface area (Å²) in [6.07, 6.45) is 6.99. The summed E-state index contributed by atoms with van der Waals surface area (Å²) >= 11 is 0. The van der Waals surface area contributed by atoms with Gasteiger partial charge in [-0.05, 0) is 6.08 Å². The Kier molecular flexibility index (Phi) is 2.22. The molecule has 0 unspecified atom stereocenters. The molecule has 0 spiro atoms. The molecule has 11 heavy (non-hydrogen) atoms. The van der Waals surface area contributed by atoms with Crippen LogP contribution in [0.25, 0.3) is 0 Å². The van der Waals surface area contributed by atoms with Crippen molar-refractivity contribution in [3.8, 4) is 0 Å². The van der Waals surface area contributed by atoms with E-state index < -0.39 is 5.60 Å². The molecule has 0 aromatic carbocycles. The Morgan fingerprint density at radius 3 is 2.82 bits per heavy atom. The van der Waals surface area contributed by atoms with Crippen molar-refractivity contribution < 1.29 is 9.90 Å². The molecule has 0 fully saturated rings. The van der Waals surface area contributed by atoms with Crippen molar-refractivity contribution in [2.45, 2.75) is 12.0 Å². The van der Waals surface area contributed by atoms with Gasteiger partial charge in [0.15, 0.2) is 5.78 Å². The summed E-state index contributed by atoms with van der Waals surface area (Å²) in [5.41, 5.74) is 3.78. The Labute approximate surface area is 65.2 Å². The molecule has 60 valence electrons. The van der Waals surface area contributed by atoms with Crippen LogP contribution >= 0.6 is 0 Å². The second kappa shape index (κ2) is 2.98. The molecular weight excluding hydrogens is 142 g/mol. The van der Waals surface area contributed by atoms with Gasteiger partial charge in [0.25, 0.3) is 0 Å². The summed E-state index contributed by atoms with van der Waals surface area (Å²) in [7, 11) is 0. The number of hydrogen-bond donors (Lipinski definition) is 2. The van der Waals surface area contributed by atoms with Gasteiger partial charge in [-0.15, -0.1) is 0 Å². The average molecular weight is 153 g/mol. The standard InChI is InChI=1S/C8H11NO2/c9-6-7(10)8(11)4-2-1-3-5-8/h1-4,11H,5-6,9H2/t8-/m0/s1. The number of hydrogen-bond acceptors (Lipinski definition) is 3. The molecule has 0 amide bonds. The molecule has 0 aromatic heterocycles. The number of carbonyl (C=O) groups excluding carboxylic acids is 1. The van der Waals surface area contributed by atoms with Crippen LogP contribution in [0.15, 0.2) is 24.3 Å². The van der Waals surface area contributed by atoms with E-state index in [1.54, 1.807) is 18.2 Å². The van der Waals surface area contributed by atoms with Gasteiger partial charge in [-0.2, -0.15) is 0 Å². The fraction of sp³-hybridized carbons (Fsp3) is 0.375. The van der Waals surface area contributed by atoms with Gasteiger partial charge >= 0.3 is 0 Å². The fourth-order valence-electron chi connectivity index (χ4n) is 0.993. The second-order valence-electron chi connectivity index (χ2n) is 2.54. The maximum absolute atomic E-state index is 11.0. The second-order valence-corrected chi connectivity index (χ2v) is 2.54. The van der Waals surface area contributed by atoms with Crippen LogP contribution in [-0.4, -0.2) is 23.0 Å². The zero-order valence-corrected chi connectivity index (χ0v) is 6.16. The van der Waals surface area contributed by atoms with E-state index in [1.165, 1.54) is 6.08 Å². The van der Waals surface area contributed by atoms with Crippen molar-refractivity contribution >= 4 is 5.78 Å². The molecule has 0 aromatic rings. The van der Waals surface area contributed by atoms with Crippen molar-refractivity contribution in [2.24, 2.45) is 5.73 Å². The Morgan fingerprint density at radius 1 is 1.64 bits per heavy atom. The number of carbonyl (C=O) groups is 1. The Bertz CT molecular complexity index is 220. The first-order valence-corrected chi connectivity index (χ1v) is 3.49. The van der Waals surface area contributed by atoms with Crippen molar-refractivity contribution in [1.29, 1.82) is 0 Å². The van der Waals surface area contributed by atoms with E-state index in [2.05, 4.69) is 0 Å². The van der Waals surface area contributed by atoms with Crippen LogP contribution in [0.5, 0.6) is 0 Å². The molecule has 1 rings (SSSR count). The molecule has 0 heterocycles. The quantitative estimate of drug-likeness (QED) is 0.575. The van der Waals surface area contributed by atoms with Crippen LogP contribution in [0, 0.1) is 0 Å². The lowest BCUT2D eigenvalue weighted by Crippen LogP contribution is -2.41. The zero-order valence-electron chi connectivity index (χ0n) is 6.16. The van der Waals surface area contributed by atoms with Crippen LogP contribution < -0.4 is 5.73 Å². The molecular formula is C8H11NO2. The molecule has 1 aliphatic rings. The minimum Gasteiger partial charge on any atom is -0.378 e. The van der Waals surface area contributed by atoms with E-state index >= 15 is 0 Å². The average Bonchev–Trinajstić information content (AvgIpc) is 2.04. The van der Waals surface area contributed by atoms with Crippen LogP contribution in [0.2, 0.25) is 0 Å². The van der Waals surface area contributed by atoms with E-state index in [4.69, 9.17) is 5.73 Å². The largest absolute Gasteiger partial charge is 0.378 e. The fourth-order valence-corrected chi connectivity index (χ4v) is 0.993. The number of aliphatic hydroxyl groups is 1. The number of Topliss-reactive ketones (excluding diaryl/α,β-unsaturated/α-hetero) is 1. The lowest BCUT2D eigenvalue weighted by molar-refractivity contribution is -0.131. The maximum atomic E-state index is 11.0. The first-order chi connectivity index (χ1) is 5.19. The van der Waals surface area contributed by atoms with Crippen LogP contribution in [0.4, 0.5) is 0 Å². The van der Waals surface area contributed by atoms with Crippen LogP contribution in [-0.2, 0) is 4.79 Å². The highest BCUT2D eigenvalue weighted by molar-refractivity contribution is 5.91. The predicted molar refractivity (Wildman–Crippen MR) is 41.9 cm³/mol. The summed E-state index contributed by atoms with van der Waals surface area (Å²) in [4.78, 5) is 11.0. The molecule has 3 N–H and O–H groups in total. The minimum absolute atomic E-state index is 0.116. The predicted octanol–water partition coefficient (Wildman–Crippen LogP) is -0.239. The topological polar surface area (TPSA) is 63.3 Å². The van der Waals surface area contributed by atoms with Gasteiger partial charge in [-0.3, -0.25) is 4.79 Å². The molecule has 3 nitrogen and oxygen atoms in total. The van der Waals surface area contributed by atoms with Gasteiger partial charge in [0, 0.05) is 6.42 Å². The molecule has 3 heteroatoms. The van der Waals surface area contributed by atoms with Crippen molar-refractivity contribution in [2.75, 3.05) is 6.54 Å².